The lowest BCUT2D eigenvalue weighted by molar-refractivity contribution is 0.0367. The minimum atomic E-state index is -3.24. The third kappa shape index (κ3) is 4.60. The van der Waals surface area contributed by atoms with E-state index in [-0.39, 0.29) is 17.8 Å². The third-order valence-corrected chi connectivity index (χ3v) is 6.89. The third-order valence-electron chi connectivity index (χ3n) is 3.72. The molecule has 0 unspecified atom stereocenters. The first kappa shape index (κ1) is 16.6. The molecule has 0 aromatic heterocycles. The molecule has 2 rings (SSSR count). The maximum Gasteiger partial charge on any atom is 0.214 e. The van der Waals surface area contributed by atoms with Crippen LogP contribution in [-0.4, -0.2) is 49.0 Å². The SMILES string of the molecule is CN(CC1CC(O)C1)S(=O)(=O)CCSc1ccccc1N. The molecule has 118 valence electrons. The van der Waals surface area contributed by atoms with E-state index >= 15 is 0 Å². The lowest BCUT2D eigenvalue weighted by Crippen LogP contribution is -2.40. The van der Waals surface area contributed by atoms with Gasteiger partial charge in [-0.2, -0.15) is 0 Å². The molecule has 0 amide bonds. The van der Waals surface area contributed by atoms with E-state index < -0.39 is 10.0 Å². The van der Waals surface area contributed by atoms with E-state index in [0.717, 1.165) is 4.90 Å². The second-order valence-corrected chi connectivity index (χ2v) is 8.81. The molecule has 1 aromatic rings. The Balaban J connectivity index is 1.79. The van der Waals surface area contributed by atoms with Crippen molar-refractivity contribution < 1.29 is 13.5 Å². The Morgan fingerprint density at radius 3 is 2.67 bits per heavy atom. The number of anilines is 1. The molecule has 0 radical (unpaired) electrons. The van der Waals surface area contributed by atoms with Crippen molar-refractivity contribution in [2.24, 2.45) is 5.92 Å². The Bertz CT molecular complexity index is 571. The Labute approximate surface area is 130 Å². The lowest BCUT2D eigenvalue weighted by Gasteiger charge is -2.34. The van der Waals surface area contributed by atoms with E-state index in [9.17, 15) is 13.5 Å². The van der Waals surface area contributed by atoms with Crippen molar-refractivity contribution in [3.63, 3.8) is 0 Å². The fourth-order valence-corrected chi connectivity index (χ4v) is 4.91. The van der Waals surface area contributed by atoms with Crippen molar-refractivity contribution in [1.29, 1.82) is 0 Å². The molecule has 1 aliphatic carbocycles. The van der Waals surface area contributed by atoms with Gasteiger partial charge in [-0.15, -0.1) is 11.8 Å². The average molecular weight is 330 g/mol. The van der Waals surface area contributed by atoms with Gasteiger partial charge in [-0.3, -0.25) is 0 Å². The summed E-state index contributed by atoms with van der Waals surface area (Å²) in [4.78, 5) is 0.914. The molecule has 0 heterocycles. The summed E-state index contributed by atoms with van der Waals surface area (Å²) < 4.78 is 25.8. The molecular formula is C14H22N2O3S2. The molecule has 0 aliphatic heterocycles. The summed E-state index contributed by atoms with van der Waals surface area (Å²) in [5.74, 6) is 0.864. The van der Waals surface area contributed by atoms with Crippen molar-refractivity contribution in [3.8, 4) is 0 Å². The number of nitrogens with two attached hydrogens (primary N) is 1. The highest BCUT2D eigenvalue weighted by Crippen LogP contribution is 2.29. The summed E-state index contributed by atoms with van der Waals surface area (Å²) in [7, 11) is -1.63. The van der Waals surface area contributed by atoms with Crippen LogP contribution >= 0.6 is 11.8 Å². The van der Waals surface area contributed by atoms with Gasteiger partial charge in [-0.25, -0.2) is 12.7 Å². The molecule has 3 N–H and O–H groups in total. The topological polar surface area (TPSA) is 83.6 Å². The van der Waals surface area contributed by atoms with E-state index in [1.807, 2.05) is 24.3 Å². The molecule has 0 spiro atoms. The van der Waals surface area contributed by atoms with Gasteiger partial charge in [0.05, 0.1) is 11.9 Å². The van der Waals surface area contributed by atoms with Crippen LogP contribution in [0.5, 0.6) is 0 Å². The van der Waals surface area contributed by atoms with Crippen LogP contribution in [0.25, 0.3) is 0 Å². The summed E-state index contributed by atoms with van der Waals surface area (Å²) in [5.41, 5.74) is 6.51. The molecule has 7 heteroatoms. The van der Waals surface area contributed by atoms with Gasteiger partial charge in [-0.05, 0) is 30.9 Å². The Morgan fingerprint density at radius 1 is 1.38 bits per heavy atom. The van der Waals surface area contributed by atoms with Crippen molar-refractivity contribution >= 4 is 27.5 Å². The Morgan fingerprint density at radius 2 is 2.05 bits per heavy atom. The number of aliphatic hydroxyl groups excluding tert-OH is 1. The van der Waals surface area contributed by atoms with Crippen LogP contribution in [0.15, 0.2) is 29.2 Å². The number of hydrogen-bond donors (Lipinski definition) is 2. The van der Waals surface area contributed by atoms with E-state index in [2.05, 4.69) is 0 Å². The van der Waals surface area contributed by atoms with Crippen LogP contribution < -0.4 is 5.73 Å². The molecule has 0 bridgehead atoms. The highest BCUT2D eigenvalue weighted by atomic mass is 32.2. The number of hydrogen-bond acceptors (Lipinski definition) is 5. The molecule has 1 fully saturated rings. The molecule has 5 nitrogen and oxygen atoms in total. The van der Waals surface area contributed by atoms with E-state index in [1.165, 1.54) is 16.1 Å². The first-order chi connectivity index (χ1) is 9.88. The molecular weight excluding hydrogens is 308 g/mol. The van der Waals surface area contributed by atoms with Gasteiger partial charge in [0, 0.05) is 29.9 Å². The zero-order valence-electron chi connectivity index (χ0n) is 12.1. The zero-order valence-corrected chi connectivity index (χ0v) is 13.7. The van der Waals surface area contributed by atoms with Gasteiger partial charge < -0.3 is 10.8 Å². The first-order valence-electron chi connectivity index (χ1n) is 6.98. The molecule has 0 atom stereocenters. The van der Waals surface area contributed by atoms with Crippen molar-refractivity contribution in [3.05, 3.63) is 24.3 Å². The minimum Gasteiger partial charge on any atom is -0.398 e. The number of benzene rings is 1. The molecule has 0 saturated heterocycles. The number of aliphatic hydroxyl groups is 1. The highest BCUT2D eigenvalue weighted by Gasteiger charge is 2.30. The van der Waals surface area contributed by atoms with Gasteiger partial charge in [0.25, 0.3) is 0 Å². The predicted molar refractivity (Wildman–Crippen MR) is 86.7 cm³/mol. The molecule has 21 heavy (non-hydrogen) atoms. The van der Waals surface area contributed by atoms with Crippen LogP contribution in [-0.2, 0) is 10.0 Å². The lowest BCUT2D eigenvalue weighted by atomic mass is 9.82. The number of nitrogens with zero attached hydrogens (tertiary/aromatic N) is 1. The van der Waals surface area contributed by atoms with Gasteiger partial charge in [0.2, 0.25) is 10.0 Å². The number of sulfonamides is 1. The van der Waals surface area contributed by atoms with E-state index in [1.54, 1.807) is 7.05 Å². The van der Waals surface area contributed by atoms with Gasteiger partial charge in [0.15, 0.2) is 0 Å². The zero-order chi connectivity index (χ0) is 15.5. The minimum absolute atomic E-state index is 0.0950. The summed E-state index contributed by atoms with van der Waals surface area (Å²) in [6, 6.07) is 7.45. The number of para-hydroxylation sites is 1. The van der Waals surface area contributed by atoms with Crippen LogP contribution in [0.1, 0.15) is 12.8 Å². The summed E-state index contributed by atoms with van der Waals surface area (Å²) >= 11 is 1.46. The highest BCUT2D eigenvalue weighted by molar-refractivity contribution is 8.00. The van der Waals surface area contributed by atoms with Crippen LogP contribution in [0.2, 0.25) is 0 Å². The summed E-state index contributed by atoms with van der Waals surface area (Å²) in [6.07, 6.45) is 1.16. The smallest absolute Gasteiger partial charge is 0.214 e. The fourth-order valence-electron chi connectivity index (χ4n) is 2.35. The maximum absolute atomic E-state index is 12.2. The van der Waals surface area contributed by atoms with Gasteiger partial charge >= 0.3 is 0 Å². The Hall–Kier alpha value is -0.760. The second-order valence-electron chi connectivity index (χ2n) is 5.47. The molecule has 1 saturated carbocycles. The first-order valence-corrected chi connectivity index (χ1v) is 9.57. The van der Waals surface area contributed by atoms with Crippen molar-refractivity contribution in [2.75, 3.05) is 30.8 Å². The van der Waals surface area contributed by atoms with Crippen LogP contribution in [0, 0.1) is 5.92 Å². The second kappa shape index (κ2) is 7.00. The normalized spacial score (nSPS) is 22.2. The largest absolute Gasteiger partial charge is 0.398 e. The maximum atomic E-state index is 12.2. The van der Waals surface area contributed by atoms with Gasteiger partial charge in [-0.1, -0.05) is 12.1 Å². The standard InChI is InChI=1S/C14H22N2O3S2/c1-16(10-11-8-12(17)9-11)21(18,19)7-6-20-14-5-3-2-4-13(14)15/h2-5,11-12,17H,6-10,15H2,1H3. The summed E-state index contributed by atoms with van der Waals surface area (Å²) in [5, 5.41) is 9.24. The fraction of sp³-hybridized carbons (Fsp3) is 0.571. The predicted octanol–water partition coefficient (Wildman–Crippen LogP) is 1.39. The molecule has 1 aliphatic rings. The van der Waals surface area contributed by atoms with Crippen LogP contribution in [0.3, 0.4) is 0 Å². The Kier molecular flexibility index (Phi) is 5.54. The molecule has 1 aromatic carbocycles. The van der Waals surface area contributed by atoms with Crippen molar-refractivity contribution in [1.82, 2.24) is 4.31 Å². The van der Waals surface area contributed by atoms with Gasteiger partial charge in [0.1, 0.15) is 0 Å². The quantitative estimate of drug-likeness (QED) is 0.583. The number of rotatable bonds is 7. The summed E-state index contributed by atoms with van der Waals surface area (Å²) in [6.45, 7) is 0.498. The van der Waals surface area contributed by atoms with E-state index in [4.69, 9.17) is 5.73 Å². The van der Waals surface area contributed by atoms with E-state index in [0.29, 0.717) is 30.8 Å². The monoisotopic (exact) mass is 330 g/mol. The average Bonchev–Trinajstić information content (AvgIpc) is 2.39. The van der Waals surface area contributed by atoms with Crippen molar-refractivity contribution in [2.45, 2.75) is 23.8 Å². The number of nitrogen functional groups attached to an aromatic ring is 1. The van der Waals surface area contributed by atoms with Crippen LogP contribution in [0.4, 0.5) is 5.69 Å². The number of thioether (sulfide) groups is 1.